The van der Waals surface area contributed by atoms with E-state index in [0.29, 0.717) is 6.54 Å². The topological polar surface area (TPSA) is 77.5 Å². The van der Waals surface area contributed by atoms with Crippen LogP contribution in [0.3, 0.4) is 0 Å². The molecule has 1 aromatic heterocycles. The molecule has 0 saturated heterocycles. The fourth-order valence-electron chi connectivity index (χ4n) is 1.90. The minimum Gasteiger partial charge on any atom is -0.497 e. The maximum atomic E-state index is 12.1. The highest BCUT2D eigenvalue weighted by Crippen LogP contribution is 2.11. The van der Waals surface area contributed by atoms with E-state index in [1.54, 1.807) is 26.2 Å². The Balaban J connectivity index is 1.99. The zero-order valence-corrected chi connectivity index (χ0v) is 13.0. The highest BCUT2D eigenvalue weighted by molar-refractivity contribution is 5.94. The molecule has 0 saturated carbocycles. The summed E-state index contributed by atoms with van der Waals surface area (Å²) >= 11 is 0. The first-order valence-electron chi connectivity index (χ1n) is 7.19. The molecule has 1 heterocycles. The molecule has 0 bridgehead atoms. The molecule has 0 spiro atoms. The third-order valence-electron chi connectivity index (χ3n) is 3.08. The van der Waals surface area contributed by atoms with Crippen LogP contribution in [0.2, 0.25) is 0 Å². The van der Waals surface area contributed by atoms with Gasteiger partial charge >= 0.3 is 5.97 Å². The SMILES string of the molecule is CCOC(=O)c1cccc(C(=O)NCc2ccc(OC)cc2)n1. The zero-order valence-electron chi connectivity index (χ0n) is 13.0. The number of methoxy groups -OCH3 is 1. The van der Waals surface area contributed by atoms with Crippen LogP contribution in [0.4, 0.5) is 0 Å². The molecule has 0 fully saturated rings. The van der Waals surface area contributed by atoms with Gasteiger partial charge in [0.25, 0.3) is 5.91 Å². The first-order valence-corrected chi connectivity index (χ1v) is 7.19. The van der Waals surface area contributed by atoms with Crippen LogP contribution in [0.1, 0.15) is 33.5 Å². The predicted molar refractivity (Wildman–Crippen MR) is 84.4 cm³/mol. The maximum absolute atomic E-state index is 12.1. The number of hydrogen-bond acceptors (Lipinski definition) is 5. The third kappa shape index (κ3) is 4.54. The summed E-state index contributed by atoms with van der Waals surface area (Å²) in [4.78, 5) is 27.8. The number of esters is 1. The number of carbonyl (C=O) groups is 2. The van der Waals surface area contributed by atoms with E-state index in [0.717, 1.165) is 11.3 Å². The largest absolute Gasteiger partial charge is 0.497 e. The number of hydrogen-bond donors (Lipinski definition) is 1. The fraction of sp³-hybridized carbons (Fsp3) is 0.235. The highest BCUT2D eigenvalue weighted by atomic mass is 16.5. The van der Waals surface area contributed by atoms with E-state index in [1.807, 2.05) is 24.3 Å². The lowest BCUT2D eigenvalue weighted by Gasteiger charge is -2.07. The number of ether oxygens (including phenoxy) is 2. The quantitative estimate of drug-likeness (QED) is 0.827. The van der Waals surface area contributed by atoms with Crippen LogP contribution in [0.25, 0.3) is 0 Å². The van der Waals surface area contributed by atoms with Crippen LogP contribution in [-0.2, 0) is 11.3 Å². The Hall–Kier alpha value is -2.89. The number of nitrogens with zero attached hydrogens (tertiary/aromatic N) is 1. The Kier molecular flexibility index (Phi) is 5.68. The van der Waals surface area contributed by atoms with Crippen molar-refractivity contribution in [1.82, 2.24) is 10.3 Å². The first kappa shape index (κ1) is 16.5. The van der Waals surface area contributed by atoms with Gasteiger partial charge in [-0.15, -0.1) is 0 Å². The first-order chi connectivity index (χ1) is 11.1. The molecule has 0 atom stereocenters. The molecular formula is C17H18N2O4. The monoisotopic (exact) mass is 314 g/mol. The Labute approximate surface area is 134 Å². The second-order valence-corrected chi connectivity index (χ2v) is 4.66. The summed E-state index contributed by atoms with van der Waals surface area (Å²) in [5.74, 6) is -0.145. The zero-order chi connectivity index (χ0) is 16.7. The van der Waals surface area contributed by atoms with Crippen molar-refractivity contribution in [2.45, 2.75) is 13.5 Å². The molecule has 0 radical (unpaired) electrons. The second-order valence-electron chi connectivity index (χ2n) is 4.66. The summed E-state index contributed by atoms with van der Waals surface area (Å²) in [6.07, 6.45) is 0. The summed E-state index contributed by atoms with van der Waals surface area (Å²) < 4.78 is 9.95. The van der Waals surface area contributed by atoms with E-state index in [2.05, 4.69) is 10.3 Å². The van der Waals surface area contributed by atoms with Crippen molar-refractivity contribution < 1.29 is 19.1 Å². The Morgan fingerprint density at radius 3 is 2.43 bits per heavy atom. The van der Waals surface area contributed by atoms with Crippen molar-refractivity contribution >= 4 is 11.9 Å². The highest BCUT2D eigenvalue weighted by Gasteiger charge is 2.12. The average Bonchev–Trinajstić information content (AvgIpc) is 2.60. The number of amides is 1. The lowest BCUT2D eigenvalue weighted by molar-refractivity contribution is 0.0519. The van der Waals surface area contributed by atoms with Gasteiger partial charge in [0.1, 0.15) is 17.1 Å². The molecule has 2 aromatic rings. The van der Waals surface area contributed by atoms with Crippen LogP contribution < -0.4 is 10.1 Å². The molecule has 1 aromatic carbocycles. The summed E-state index contributed by atoms with van der Waals surface area (Å²) in [6.45, 7) is 2.33. The molecule has 120 valence electrons. The van der Waals surface area contributed by atoms with Crippen molar-refractivity contribution in [3.8, 4) is 5.75 Å². The smallest absolute Gasteiger partial charge is 0.356 e. The molecule has 6 nitrogen and oxygen atoms in total. The van der Waals surface area contributed by atoms with Gasteiger partial charge in [-0.1, -0.05) is 18.2 Å². The van der Waals surface area contributed by atoms with E-state index in [4.69, 9.17) is 9.47 Å². The van der Waals surface area contributed by atoms with Gasteiger partial charge in [0.2, 0.25) is 0 Å². The van der Waals surface area contributed by atoms with Crippen molar-refractivity contribution in [2.24, 2.45) is 0 Å². The van der Waals surface area contributed by atoms with Gasteiger partial charge in [-0.2, -0.15) is 0 Å². The van der Waals surface area contributed by atoms with Crippen LogP contribution >= 0.6 is 0 Å². The van der Waals surface area contributed by atoms with Crippen LogP contribution in [-0.4, -0.2) is 30.6 Å². The molecule has 2 rings (SSSR count). The van der Waals surface area contributed by atoms with E-state index in [1.165, 1.54) is 6.07 Å². The fourth-order valence-corrected chi connectivity index (χ4v) is 1.90. The molecule has 0 aliphatic heterocycles. The maximum Gasteiger partial charge on any atom is 0.356 e. The standard InChI is InChI=1S/C17H18N2O4/c1-3-23-17(21)15-6-4-5-14(19-15)16(20)18-11-12-7-9-13(22-2)10-8-12/h4-10H,3,11H2,1-2H3,(H,18,20). The third-order valence-corrected chi connectivity index (χ3v) is 3.08. The van der Waals surface area contributed by atoms with Crippen LogP contribution in [0.5, 0.6) is 5.75 Å². The number of aromatic nitrogens is 1. The van der Waals surface area contributed by atoms with E-state index in [-0.39, 0.29) is 23.9 Å². The van der Waals surface area contributed by atoms with Crippen LogP contribution in [0, 0.1) is 0 Å². The summed E-state index contributed by atoms with van der Waals surface area (Å²) in [5, 5.41) is 2.76. The average molecular weight is 314 g/mol. The van der Waals surface area contributed by atoms with E-state index < -0.39 is 5.97 Å². The second kappa shape index (κ2) is 7.93. The Morgan fingerprint density at radius 1 is 1.09 bits per heavy atom. The van der Waals surface area contributed by atoms with E-state index >= 15 is 0 Å². The molecular weight excluding hydrogens is 296 g/mol. The van der Waals surface area contributed by atoms with Gasteiger partial charge in [-0.3, -0.25) is 4.79 Å². The minimum atomic E-state index is -0.544. The van der Waals surface area contributed by atoms with Crippen molar-refractivity contribution in [3.63, 3.8) is 0 Å². The van der Waals surface area contributed by atoms with Crippen molar-refractivity contribution in [2.75, 3.05) is 13.7 Å². The minimum absolute atomic E-state index is 0.115. The number of pyridine rings is 1. The molecule has 1 N–H and O–H groups in total. The summed E-state index contributed by atoms with van der Waals surface area (Å²) in [6, 6.07) is 12.0. The predicted octanol–water partition coefficient (Wildman–Crippen LogP) is 2.20. The van der Waals surface area contributed by atoms with Gasteiger partial charge in [0.05, 0.1) is 13.7 Å². The van der Waals surface area contributed by atoms with Gasteiger partial charge in [0, 0.05) is 6.54 Å². The van der Waals surface area contributed by atoms with E-state index in [9.17, 15) is 9.59 Å². The summed E-state index contributed by atoms with van der Waals surface area (Å²) in [5.41, 5.74) is 1.22. The number of nitrogens with one attached hydrogen (secondary N) is 1. The normalized spacial score (nSPS) is 10.0. The number of benzene rings is 1. The Morgan fingerprint density at radius 2 is 1.78 bits per heavy atom. The molecule has 23 heavy (non-hydrogen) atoms. The summed E-state index contributed by atoms with van der Waals surface area (Å²) in [7, 11) is 1.60. The van der Waals surface area contributed by atoms with Gasteiger partial charge in [-0.25, -0.2) is 9.78 Å². The Bertz CT molecular complexity index is 683. The van der Waals surface area contributed by atoms with Gasteiger partial charge in [0.15, 0.2) is 0 Å². The van der Waals surface area contributed by atoms with Crippen LogP contribution in [0.15, 0.2) is 42.5 Å². The van der Waals surface area contributed by atoms with Gasteiger partial charge in [-0.05, 0) is 36.8 Å². The molecule has 0 unspecified atom stereocenters. The van der Waals surface area contributed by atoms with Crippen molar-refractivity contribution in [1.29, 1.82) is 0 Å². The van der Waals surface area contributed by atoms with Gasteiger partial charge < -0.3 is 14.8 Å². The molecule has 0 aliphatic rings. The number of rotatable bonds is 6. The van der Waals surface area contributed by atoms with Crippen molar-refractivity contribution in [3.05, 3.63) is 59.4 Å². The molecule has 0 aliphatic carbocycles. The molecule has 6 heteroatoms. The lowest BCUT2D eigenvalue weighted by atomic mass is 10.2. The number of carbonyl (C=O) groups excluding carboxylic acids is 2. The molecule has 1 amide bonds. The lowest BCUT2D eigenvalue weighted by Crippen LogP contribution is -2.24.